The summed E-state index contributed by atoms with van der Waals surface area (Å²) < 4.78 is 36.6. The Morgan fingerprint density at radius 2 is 1.36 bits per heavy atom. The Kier molecular flexibility index (Phi) is 10.6. The minimum atomic E-state index is -4.84. The molecule has 0 aliphatic heterocycles. The van der Waals surface area contributed by atoms with Gasteiger partial charge in [-0.25, -0.2) is 13.2 Å². The van der Waals surface area contributed by atoms with E-state index in [1.165, 1.54) is 6.42 Å². The Balaban J connectivity index is 0. The zero-order valence-corrected chi connectivity index (χ0v) is 10.4. The molecule has 2 atom stereocenters. The third kappa shape index (κ3) is 15.0. The number of hydrogen-bond donors (Lipinski definition) is 3. The maximum Gasteiger partial charge on any atom is 0.486 e. The lowest BCUT2D eigenvalue weighted by Crippen LogP contribution is -1.81. The van der Waals surface area contributed by atoms with Gasteiger partial charge < -0.3 is 14.7 Å². The Hall–Kier alpha value is 0.490. The first kappa shape index (κ1) is 16.9. The Labute approximate surface area is 82.4 Å². The van der Waals surface area contributed by atoms with E-state index in [9.17, 15) is 13.7 Å². The van der Waals surface area contributed by atoms with E-state index in [0.717, 1.165) is 0 Å². The number of hydrogen-bond acceptors (Lipinski definition) is 5. The lowest BCUT2D eigenvalue weighted by molar-refractivity contribution is 0.271. The van der Waals surface area contributed by atoms with Gasteiger partial charge in [0.05, 0.1) is 0 Å². The zero-order valence-electron chi connectivity index (χ0n) is 7.54. The maximum atomic E-state index is 10.3. The second kappa shape index (κ2) is 8.77. The van der Waals surface area contributed by atoms with Crippen LogP contribution in [0, 0.1) is 0 Å². The Bertz CT molecular complexity index is 218. The van der Waals surface area contributed by atoms with Gasteiger partial charge in [-0.15, -0.1) is 0 Å². The highest BCUT2D eigenvalue weighted by atomic mass is 31.3. The van der Waals surface area contributed by atoms with Crippen molar-refractivity contribution >= 4 is 24.3 Å². The molecule has 0 amide bonds. The Morgan fingerprint density at radius 3 is 1.50 bits per heavy atom. The summed E-state index contributed by atoms with van der Waals surface area (Å²) in [4.78, 5) is 24.2. The molecule has 0 radical (unpaired) electrons. The van der Waals surface area contributed by atoms with Gasteiger partial charge in [0, 0.05) is 0 Å². The van der Waals surface area contributed by atoms with Crippen molar-refractivity contribution in [2.24, 2.45) is 0 Å². The molecule has 0 heterocycles. The summed E-state index contributed by atoms with van der Waals surface area (Å²) in [5.74, 6) is 0. The molecule has 0 saturated carbocycles. The summed E-state index contributed by atoms with van der Waals surface area (Å²) in [6, 6.07) is 0. The first-order chi connectivity index (χ1) is 6.25. The molecule has 11 heteroatoms. The monoisotopic (exact) mass is 270 g/mol. The highest BCUT2D eigenvalue weighted by molar-refractivity contribution is 7.60. The molecule has 0 rings (SSSR count). The van der Waals surface area contributed by atoms with Crippen molar-refractivity contribution in [3.8, 4) is 0 Å². The van der Waals surface area contributed by atoms with Gasteiger partial charge in [0.15, 0.2) is 0 Å². The molecular formula is C3H13O8P3. The summed E-state index contributed by atoms with van der Waals surface area (Å²) in [6.45, 7) is 4.25. The predicted octanol–water partition coefficient (Wildman–Crippen LogP) is 1.30. The largest absolute Gasteiger partial charge is 0.486 e. The quantitative estimate of drug-likeness (QED) is 0.651. The predicted molar refractivity (Wildman–Crippen MR) is 50.4 cm³/mol. The molecule has 0 aliphatic carbocycles. The van der Waals surface area contributed by atoms with Crippen LogP contribution < -0.4 is 0 Å². The normalized spacial score (nSPS) is 18.6. The van der Waals surface area contributed by atoms with Gasteiger partial charge in [0.1, 0.15) is 0 Å². The minimum Gasteiger partial charge on any atom is -0.326 e. The lowest BCUT2D eigenvalue weighted by Gasteiger charge is -2.05. The van der Waals surface area contributed by atoms with Crippen molar-refractivity contribution in [1.82, 2.24) is 0 Å². The van der Waals surface area contributed by atoms with E-state index in [4.69, 9.17) is 14.7 Å². The van der Waals surface area contributed by atoms with Gasteiger partial charge in [-0.3, -0.25) is 9.13 Å². The second-order valence-electron chi connectivity index (χ2n) is 1.89. The number of phosphoric acid groups is 1. The van der Waals surface area contributed by atoms with Crippen LogP contribution in [-0.2, 0) is 22.3 Å². The first-order valence-corrected chi connectivity index (χ1v) is 7.45. The van der Waals surface area contributed by atoms with Gasteiger partial charge >= 0.3 is 24.3 Å². The molecule has 0 aromatic rings. The molecule has 0 aromatic carbocycles. The van der Waals surface area contributed by atoms with Crippen molar-refractivity contribution in [2.45, 2.75) is 20.3 Å². The lowest BCUT2D eigenvalue weighted by atomic mass is 10.6. The van der Waals surface area contributed by atoms with Crippen LogP contribution >= 0.6 is 24.3 Å². The van der Waals surface area contributed by atoms with Crippen molar-refractivity contribution in [3.63, 3.8) is 0 Å². The molecule has 8 nitrogen and oxygen atoms in total. The highest BCUT2D eigenvalue weighted by Gasteiger charge is 2.25. The van der Waals surface area contributed by atoms with E-state index in [-0.39, 0.29) is 0 Å². The van der Waals surface area contributed by atoms with E-state index in [0.29, 0.717) is 0 Å². The van der Waals surface area contributed by atoms with Gasteiger partial charge in [-0.05, 0) is 0 Å². The molecule has 0 aliphatic rings. The summed E-state index contributed by atoms with van der Waals surface area (Å²) in [5.41, 5.74) is 0. The standard InChI is InChI=1S/C3H8.H5O8P3/c1-3-2;1-9(2)7-11(5,6)8-10(3)4/h3H2,1-2H3;9-10H,(H,1,2)(H,3,4)(H,5,6). The van der Waals surface area contributed by atoms with E-state index in [1.807, 2.05) is 0 Å². The van der Waals surface area contributed by atoms with Crippen LogP contribution in [0.25, 0.3) is 0 Å². The molecular weight excluding hydrogens is 257 g/mol. The van der Waals surface area contributed by atoms with Crippen molar-refractivity contribution in [2.75, 3.05) is 0 Å². The van der Waals surface area contributed by atoms with Crippen LogP contribution in [0.5, 0.6) is 0 Å². The summed E-state index contributed by atoms with van der Waals surface area (Å²) in [7, 11) is -12.2. The first-order valence-electron chi connectivity index (χ1n) is 3.43. The van der Waals surface area contributed by atoms with E-state index in [2.05, 4.69) is 22.5 Å². The molecule has 0 bridgehead atoms. The van der Waals surface area contributed by atoms with Crippen molar-refractivity contribution in [3.05, 3.63) is 0 Å². The van der Waals surface area contributed by atoms with Crippen LogP contribution in [0.4, 0.5) is 0 Å². The fourth-order valence-corrected chi connectivity index (χ4v) is 2.28. The van der Waals surface area contributed by atoms with Gasteiger partial charge in [0.2, 0.25) is 0 Å². The third-order valence-electron chi connectivity index (χ3n) is 0.387. The van der Waals surface area contributed by atoms with Crippen LogP contribution in [0.15, 0.2) is 0 Å². The van der Waals surface area contributed by atoms with Crippen LogP contribution in [0.2, 0.25) is 0 Å². The van der Waals surface area contributed by atoms with Gasteiger partial charge in [-0.1, -0.05) is 20.3 Å². The van der Waals surface area contributed by atoms with Gasteiger partial charge in [-0.2, -0.15) is 0 Å². The molecule has 0 spiro atoms. The van der Waals surface area contributed by atoms with Crippen LogP contribution in [0.3, 0.4) is 0 Å². The fourth-order valence-electron chi connectivity index (χ4n) is 0.216. The van der Waals surface area contributed by atoms with Crippen LogP contribution in [-0.4, -0.2) is 14.7 Å². The van der Waals surface area contributed by atoms with Crippen LogP contribution in [0.1, 0.15) is 20.3 Å². The minimum absolute atomic E-state index is 1.25. The SMILES string of the molecule is CCC.O=[PH](O)OP(=O)(O)O[PH](=O)O. The molecule has 14 heavy (non-hydrogen) atoms. The number of rotatable bonds is 4. The summed E-state index contributed by atoms with van der Waals surface area (Å²) in [6.07, 6.45) is 1.25. The zero-order chi connectivity index (χ0) is 11.8. The van der Waals surface area contributed by atoms with E-state index in [1.54, 1.807) is 0 Å². The average molecular weight is 270 g/mol. The highest BCUT2D eigenvalue weighted by Crippen LogP contribution is 2.55. The molecule has 88 valence electrons. The average Bonchev–Trinajstić information content (AvgIpc) is 1.80. The molecule has 0 aromatic heterocycles. The third-order valence-corrected chi connectivity index (χ3v) is 3.48. The molecule has 3 N–H and O–H groups in total. The van der Waals surface area contributed by atoms with Crippen molar-refractivity contribution in [1.29, 1.82) is 0 Å². The van der Waals surface area contributed by atoms with E-state index < -0.39 is 24.3 Å². The summed E-state index contributed by atoms with van der Waals surface area (Å²) in [5, 5.41) is 0. The molecule has 2 unspecified atom stereocenters. The fraction of sp³-hybridized carbons (Fsp3) is 1.00. The summed E-state index contributed by atoms with van der Waals surface area (Å²) >= 11 is 0. The molecule has 0 fully saturated rings. The van der Waals surface area contributed by atoms with Gasteiger partial charge in [0.25, 0.3) is 0 Å². The van der Waals surface area contributed by atoms with E-state index >= 15 is 0 Å². The maximum absolute atomic E-state index is 10.3. The topological polar surface area (TPSA) is 130 Å². The smallest absolute Gasteiger partial charge is 0.326 e. The second-order valence-corrected chi connectivity index (χ2v) is 5.35. The van der Waals surface area contributed by atoms with Crippen molar-refractivity contribution < 1.29 is 37.0 Å². The molecule has 0 saturated heterocycles. The Morgan fingerprint density at radius 1 is 1.14 bits per heavy atom.